The lowest BCUT2D eigenvalue weighted by molar-refractivity contribution is 0.102. The van der Waals surface area contributed by atoms with Gasteiger partial charge in [-0.15, -0.1) is 0 Å². The second kappa shape index (κ2) is 7.72. The lowest BCUT2D eigenvalue weighted by Crippen LogP contribution is -2.21. The smallest absolute Gasteiger partial charge is 0.258 e. The molecule has 0 aliphatic rings. The van der Waals surface area contributed by atoms with Gasteiger partial charge in [0.1, 0.15) is 0 Å². The zero-order valence-electron chi connectivity index (χ0n) is 12.5. The van der Waals surface area contributed by atoms with Crippen molar-refractivity contribution in [2.45, 2.75) is 0 Å². The summed E-state index contributed by atoms with van der Waals surface area (Å²) in [5.41, 5.74) is 1.02. The number of hydrogen-bond donors (Lipinski definition) is 2. The Morgan fingerprint density at radius 1 is 1.27 bits per heavy atom. The molecule has 7 heteroatoms. The molecular weight excluding hydrogens is 302 g/mol. The number of amides is 1. The molecule has 22 heavy (non-hydrogen) atoms. The number of nitrogens with one attached hydrogen (secondary N) is 2. The minimum Gasteiger partial charge on any atom is -0.353 e. The summed E-state index contributed by atoms with van der Waals surface area (Å²) in [7, 11) is 3.98. The summed E-state index contributed by atoms with van der Waals surface area (Å²) in [6.45, 7) is 1.61. The number of carbonyl (C=O) groups is 1. The van der Waals surface area contributed by atoms with Crippen LogP contribution in [0.3, 0.4) is 0 Å². The van der Waals surface area contributed by atoms with Crippen LogP contribution >= 0.6 is 11.6 Å². The van der Waals surface area contributed by atoms with Gasteiger partial charge in [-0.2, -0.15) is 0 Å². The Morgan fingerprint density at radius 3 is 2.64 bits per heavy atom. The summed E-state index contributed by atoms with van der Waals surface area (Å²) in [5, 5.41) is 6.40. The molecule has 0 spiro atoms. The van der Waals surface area contributed by atoms with Gasteiger partial charge >= 0.3 is 0 Å². The predicted molar refractivity (Wildman–Crippen MR) is 88.5 cm³/mol. The lowest BCUT2D eigenvalue weighted by atomic mass is 10.3. The van der Waals surface area contributed by atoms with Crippen LogP contribution < -0.4 is 10.6 Å². The van der Waals surface area contributed by atoms with Crippen LogP contribution in [0.25, 0.3) is 0 Å². The van der Waals surface area contributed by atoms with E-state index in [9.17, 15) is 4.79 Å². The van der Waals surface area contributed by atoms with E-state index in [0.29, 0.717) is 22.2 Å². The Labute approximate surface area is 134 Å². The average Bonchev–Trinajstić information content (AvgIpc) is 2.47. The third kappa shape index (κ3) is 4.98. The summed E-state index contributed by atoms with van der Waals surface area (Å²) < 4.78 is 0. The summed E-state index contributed by atoms with van der Waals surface area (Å²) in [5.74, 6) is 0.225. The molecule has 6 nitrogen and oxygen atoms in total. The number of benzene rings is 1. The first-order valence-electron chi connectivity index (χ1n) is 6.82. The van der Waals surface area contributed by atoms with E-state index >= 15 is 0 Å². The maximum absolute atomic E-state index is 12.1. The number of likely N-dealkylation sites (N-methyl/N-ethyl adjacent to an activating group) is 1. The maximum Gasteiger partial charge on any atom is 0.258 e. The molecule has 116 valence electrons. The van der Waals surface area contributed by atoms with Crippen LogP contribution in [0.5, 0.6) is 0 Å². The molecule has 0 saturated carbocycles. The van der Waals surface area contributed by atoms with Crippen molar-refractivity contribution in [2.75, 3.05) is 37.8 Å². The van der Waals surface area contributed by atoms with Gasteiger partial charge in [-0.1, -0.05) is 17.7 Å². The fourth-order valence-electron chi connectivity index (χ4n) is 1.70. The first-order valence-corrected chi connectivity index (χ1v) is 7.20. The third-order valence-electron chi connectivity index (χ3n) is 2.84. The molecule has 0 aliphatic heterocycles. The summed E-state index contributed by atoms with van der Waals surface area (Å²) in [6.07, 6.45) is 2.98. The van der Waals surface area contributed by atoms with E-state index in [-0.39, 0.29) is 5.91 Å². The second-order valence-corrected chi connectivity index (χ2v) is 5.43. The van der Waals surface area contributed by atoms with Crippen molar-refractivity contribution < 1.29 is 4.79 Å². The van der Waals surface area contributed by atoms with E-state index in [2.05, 4.69) is 25.5 Å². The topological polar surface area (TPSA) is 70.2 Å². The molecule has 2 N–H and O–H groups in total. The van der Waals surface area contributed by atoms with Gasteiger partial charge in [-0.3, -0.25) is 4.79 Å². The Balaban J connectivity index is 1.93. The predicted octanol–water partition coefficient (Wildman–Crippen LogP) is 2.36. The quantitative estimate of drug-likeness (QED) is 0.855. The molecule has 1 heterocycles. The van der Waals surface area contributed by atoms with Crippen LogP contribution in [0.4, 0.5) is 11.6 Å². The van der Waals surface area contributed by atoms with E-state index in [1.807, 2.05) is 14.1 Å². The fraction of sp³-hybridized carbons (Fsp3) is 0.267. The Morgan fingerprint density at radius 2 is 2.00 bits per heavy atom. The van der Waals surface area contributed by atoms with Crippen molar-refractivity contribution in [1.29, 1.82) is 0 Å². The van der Waals surface area contributed by atoms with Gasteiger partial charge in [0, 0.05) is 36.2 Å². The SMILES string of the molecule is CN(C)CCNc1ncc(C(=O)Nc2cccc(Cl)c2)cn1. The van der Waals surface area contributed by atoms with Crippen molar-refractivity contribution in [3.63, 3.8) is 0 Å². The molecule has 0 saturated heterocycles. The van der Waals surface area contributed by atoms with Gasteiger partial charge < -0.3 is 15.5 Å². The van der Waals surface area contributed by atoms with Crippen molar-refractivity contribution in [3.05, 3.63) is 47.2 Å². The average molecular weight is 320 g/mol. The molecule has 0 bridgehead atoms. The minimum atomic E-state index is -0.276. The zero-order valence-corrected chi connectivity index (χ0v) is 13.3. The number of hydrogen-bond acceptors (Lipinski definition) is 5. The van der Waals surface area contributed by atoms with E-state index in [1.54, 1.807) is 24.3 Å². The van der Waals surface area contributed by atoms with Gasteiger partial charge in [-0.25, -0.2) is 9.97 Å². The van der Waals surface area contributed by atoms with Gasteiger partial charge in [0.05, 0.1) is 5.56 Å². The Bertz CT molecular complexity index is 630. The number of halogens is 1. The summed E-state index contributed by atoms with van der Waals surface area (Å²) in [6, 6.07) is 6.96. The summed E-state index contributed by atoms with van der Waals surface area (Å²) >= 11 is 5.88. The largest absolute Gasteiger partial charge is 0.353 e. The van der Waals surface area contributed by atoms with Crippen LogP contribution in [-0.4, -0.2) is 48.0 Å². The standard InChI is InChI=1S/C15H18ClN5O/c1-21(2)7-6-17-15-18-9-11(10-19-15)14(22)20-13-5-3-4-12(16)8-13/h3-5,8-10H,6-7H2,1-2H3,(H,20,22)(H,17,18,19). The molecule has 0 aliphatic carbocycles. The Hall–Kier alpha value is -2.18. The van der Waals surface area contributed by atoms with Crippen molar-refractivity contribution in [1.82, 2.24) is 14.9 Å². The van der Waals surface area contributed by atoms with Crippen LogP contribution in [-0.2, 0) is 0 Å². The molecule has 2 aromatic rings. The first-order chi connectivity index (χ1) is 10.5. The number of carbonyl (C=O) groups excluding carboxylic acids is 1. The fourth-order valence-corrected chi connectivity index (χ4v) is 1.89. The maximum atomic E-state index is 12.1. The van der Waals surface area contributed by atoms with E-state index < -0.39 is 0 Å². The van der Waals surface area contributed by atoms with Crippen LogP contribution in [0, 0.1) is 0 Å². The van der Waals surface area contributed by atoms with Crippen molar-refractivity contribution in [3.8, 4) is 0 Å². The first kappa shape index (κ1) is 16.2. The highest BCUT2D eigenvalue weighted by molar-refractivity contribution is 6.30. The normalized spacial score (nSPS) is 10.5. The molecule has 0 radical (unpaired) electrons. The number of rotatable bonds is 6. The molecular formula is C15H18ClN5O. The highest BCUT2D eigenvalue weighted by Gasteiger charge is 2.08. The van der Waals surface area contributed by atoms with E-state index in [0.717, 1.165) is 13.1 Å². The molecule has 0 unspecified atom stereocenters. The lowest BCUT2D eigenvalue weighted by Gasteiger charge is -2.10. The van der Waals surface area contributed by atoms with E-state index in [4.69, 9.17) is 11.6 Å². The van der Waals surface area contributed by atoms with Gasteiger partial charge in [0.25, 0.3) is 5.91 Å². The summed E-state index contributed by atoms with van der Waals surface area (Å²) in [4.78, 5) is 22.4. The van der Waals surface area contributed by atoms with Gasteiger partial charge in [0.15, 0.2) is 0 Å². The molecule has 1 amide bonds. The van der Waals surface area contributed by atoms with E-state index in [1.165, 1.54) is 12.4 Å². The molecule has 2 rings (SSSR count). The zero-order chi connectivity index (χ0) is 15.9. The highest BCUT2D eigenvalue weighted by atomic mass is 35.5. The minimum absolute atomic E-state index is 0.276. The van der Waals surface area contributed by atoms with Gasteiger partial charge in [0.2, 0.25) is 5.95 Å². The van der Waals surface area contributed by atoms with Crippen molar-refractivity contribution in [2.24, 2.45) is 0 Å². The highest BCUT2D eigenvalue weighted by Crippen LogP contribution is 2.15. The van der Waals surface area contributed by atoms with Crippen LogP contribution in [0.1, 0.15) is 10.4 Å². The third-order valence-corrected chi connectivity index (χ3v) is 3.07. The number of aromatic nitrogens is 2. The number of nitrogens with zero attached hydrogens (tertiary/aromatic N) is 3. The molecule has 1 aromatic carbocycles. The van der Waals surface area contributed by atoms with Crippen LogP contribution in [0.15, 0.2) is 36.7 Å². The number of anilines is 2. The van der Waals surface area contributed by atoms with Gasteiger partial charge in [-0.05, 0) is 32.3 Å². The molecule has 1 aromatic heterocycles. The Kier molecular flexibility index (Phi) is 5.68. The second-order valence-electron chi connectivity index (χ2n) is 4.99. The monoisotopic (exact) mass is 319 g/mol. The molecule has 0 atom stereocenters. The van der Waals surface area contributed by atoms with Crippen LogP contribution in [0.2, 0.25) is 5.02 Å². The molecule has 0 fully saturated rings. The van der Waals surface area contributed by atoms with Crippen molar-refractivity contribution >= 4 is 29.1 Å².